The summed E-state index contributed by atoms with van der Waals surface area (Å²) in [5.74, 6) is 0.171. The van der Waals surface area contributed by atoms with Crippen LogP contribution in [0.4, 0.5) is 5.69 Å². The van der Waals surface area contributed by atoms with Crippen molar-refractivity contribution in [2.24, 2.45) is 5.73 Å². The van der Waals surface area contributed by atoms with Gasteiger partial charge in [-0.2, -0.15) is 0 Å². The quantitative estimate of drug-likeness (QED) is 0.856. The van der Waals surface area contributed by atoms with E-state index >= 15 is 0 Å². The maximum Gasteiger partial charge on any atom is 0.248 e. The van der Waals surface area contributed by atoms with Crippen molar-refractivity contribution in [1.29, 1.82) is 0 Å². The molecule has 3 N–H and O–H groups in total. The van der Waals surface area contributed by atoms with Gasteiger partial charge in [-0.1, -0.05) is 6.07 Å². The van der Waals surface area contributed by atoms with E-state index < -0.39 is 5.91 Å². The zero-order valence-corrected chi connectivity index (χ0v) is 10.6. The van der Waals surface area contributed by atoms with Crippen molar-refractivity contribution in [2.45, 2.75) is 6.54 Å². The molecule has 1 aromatic carbocycles. The largest absolute Gasteiger partial charge is 0.481 e. The third kappa shape index (κ3) is 3.22. The topological polar surface area (TPSA) is 77.2 Å². The lowest BCUT2D eigenvalue weighted by molar-refractivity contribution is 0.100. The van der Waals surface area contributed by atoms with E-state index in [1.165, 1.54) is 0 Å². The second-order valence-electron chi connectivity index (χ2n) is 3.97. The molecule has 1 aromatic heterocycles. The normalized spacial score (nSPS) is 9.95. The lowest BCUT2D eigenvalue weighted by Crippen LogP contribution is -2.10. The summed E-state index contributed by atoms with van der Waals surface area (Å²) in [6.07, 6.45) is 1.68. The Labute approximate surface area is 111 Å². The van der Waals surface area contributed by atoms with E-state index in [4.69, 9.17) is 10.5 Å². The number of anilines is 1. The van der Waals surface area contributed by atoms with Crippen LogP contribution < -0.4 is 15.8 Å². The molecule has 2 aromatic rings. The second-order valence-corrected chi connectivity index (χ2v) is 3.97. The molecule has 19 heavy (non-hydrogen) atoms. The minimum Gasteiger partial charge on any atom is -0.481 e. The second kappa shape index (κ2) is 5.86. The molecule has 0 fully saturated rings. The van der Waals surface area contributed by atoms with Crippen LogP contribution in [0.2, 0.25) is 0 Å². The first kappa shape index (κ1) is 12.9. The molecule has 0 spiro atoms. The highest BCUT2D eigenvalue weighted by molar-refractivity contribution is 5.93. The number of nitrogens with two attached hydrogens (primary N) is 1. The van der Waals surface area contributed by atoms with Crippen LogP contribution in [0.5, 0.6) is 5.88 Å². The summed E-state index contributed by atoms with van der Waals surface area (Å²) in [6.45, 7) is 0.590. The molecule has 0 aliphatic rings. The monoisotopic (exact) mass is 257 g/mol. The Bertz CT molecular complexity index is 567. The Balaban J connectivity index is 2.04. The summed E-state index contributed by atoms with van der Waals surface area (Å²) in [4.78, 5) is 15.1. The van der Waals surface area contributed by atoms with E-state index in [0.29, 0.717) is 18.0 Å². The average Bonchev–Trinajstić information content (AvgIpc) is 2.45. The summed E-state index contributed by atoms with van der Waals surface area (Å²) in [5.41, 5.74) is 7.53. The number of benzene rings is 1. The molecule has 0 unspecified atom stereocenters. The summed E-state index contributed by atoms with van der Waals surface area (Å²) < 4.78 is 5.17. The van der Waals surface area contributed by atoms with Crippen molar-refractivity contribution in [2.75, 3.05) is 12.4 Å². The van der Waals surface area contributed by atoms with Gasteiger partial charge in [-0.3, -0.25) is 4.79 Å². The molecule has 0 saturated carbocycles. The van der Waals surface area contributed by atoms with Crippen LogP contribution in [0.1, 0.15) is 15.9 Å². The summed E-state index contributed by atoms with van der Waals surface area (Å²) in [6, 6.07) is 10.8. The number of nitrogens with one attached hydrogen (secondary N) is 1. The number of nitrogens with zero attached hydrogens (tertiary/aromatic N) is 1. The molecule has 0 bridgehead atoms. The number of aromatic nitrogens is 1. The molecular weight excluding hydrogens is 242 g/mol. The molecule has 5 nitrogen and oxygen atoms in total. The fourth-order valence-electron chi connectivity index (χ4n) is 1.69. The maximum atomic E-state index is 11.0. The first-order valence-electron chi connectivity index (χ1n) is 5.82. The minimum atomic E-state index is -0.430. The van der Waals surface area contributed by atoms with Crippen molar-refractivity contribution >= 4 is 11.6 Å². The Morgan fingerprint density at radius 2 is 2.05 bits per heavy atom. The molecule has 0 aliphatic carbocycles. The van der Waals surface area contributed by atoms with Crippen LogP contribution in [0, 0.1) is 0 Å². The van der Waals surface area contributed by atoms with Crippen molar-refractivity contribution < 1.29 is 9.53 Å². The molecule has 98 valence electrons. The van der Waals surface area contributed by atoms with E-state index in [1.807, 2.05) is 24.3 Å². The molecule has 1 heterocycles. The number of amides is 1. The summed E-state index contributed by atoms with van der Waals surface area (Å²) >= 11 is 0. The average molecular weight is 257 g/mol. The fraction of sp³-hybridized carbons (Fsp3) is 0.143. The lowest BCUT2D eigenvalue weighted by Gasteiger charge is -2.09. The van der Waals surface area contributed by atoms with Gasteiger partial charge in [-0.15, -0.1) is 0 Å². The van der Waals surface area contributed by atoms with Crippen LogP contribution in [0.3, 0.4) is 0 Å². The molecule has 1 amide bonds. The van der Waals surface area contributed by atoms with Gasteiger partial charge in [0, 0.05) is 29.6 Å². The molecule has 0 aliphatic heterocycles. The van der Waals surface area contributed by atoms with Crippen LogP contribution in [-0.4, -0.2) is 18.0 Å². The number of rotatable bonds is 5. The predicted molar refractivity (Wildman–Crippen MR) is 73.1 cm³/mol. The molecule has 0 atom stereocenters. The van der Waals surface area contributed by atoms with Crippen molar-refractivity contribution in [3.05, 3.63) is 53.7 Å². The molecular formula is C14H15N3O2. The standard InChI is InChI=1S/C14H15N3O2/c1-19-14-11(3-2-8-16-14)9-17-12-6-4-10(5-7-12)13(15)18/h2-8,17H,9H2,1H3,(H2,15,18). The number of pyridine rings is 1. The van der Waals surface area contributed by atoms with Gasteiger partial charge in [0.25, 0.3) is 0 Å². The Kier molecular flexibility index (Phi) is 3.97. The van der Waals surface area contributed by atoms with Gasteiger partial charge in [0.05, 0.1) is 7.11 Å². The van der Waals surface area contributed by atoms with Crippen LogP contribution in [0.15, 0.2) is 42.6 Å². The van der Waals surface area contributed by atoms with Crippen molar-refractivity contribution in [3.63, 3.8) is 0 Å². The van der Waals surface area contributed by atoms with Crippen LogP contribution in [0.25, 0.3) is 0 Å². The van der Waals surface area contributed by atoms with E-state index in [2.05, 4.69) is 10.3 Å². The van der Waals surface area contributed by atoms with E-state index in [0.717, 1.165) is 11.3 Å². The Morgan fingerprint density at radius 3 is 2.68 bits per heavy atom. The molecule has 5 heteroatoms. The maximum absolute atomic E-state index is 11.0. The number of hydrogen-bond donors (Lipinski definition) is 2. The Hall–Kier alpha value is -2.56. The highest BCUT2D eigenvalue weighted by atomic mass is 16.5. The van der Waals surface area contributed by atoms with Gasteiger partial charge in [-0.25, -0.2) is 4.98 Å². The van der Waals surface area contributed by atoms with Gasteiger partial charge in [0.1, 0.15) is 0 Å². The molecule has 2 rings (SSSR count). The highest BCUT2D eigenvalue weighted by Crippen LogP contribution is 2.16. The summed E-state index contributed by atoms with van der Waals surface area (Å²) in [7, 11) is 1.59. The zero-order valence-electron chi connectivity index (χ0n) is 10.6. The smallest absolute Gasteiger partial charge is 0.248 e. The SMILES string of the molecule is COc1ncccc1CNc1ccc(C(N)=O)cc1. The third-order valence-corrected chi connectivity index (χ3v) is 2.70. The van der Waals surface area contributed by atoms with Gasteiger partial charge in [0.2, 0.25) is 11.8 Å². The number of hydrogen-bond acceptors (Lipinski definition) is 4. The van der Waals surface area contributed by atoms with Gasteiger partial charge < -0.3 is 15.8 Å². The molecule has 0 radical (unpaired) electrons. The van der Waals surface area contributed by atoms with Crippen molar-refractivity contribution in [1.82, 2.24) is 4.98 Å². The number of methoxy groups -OCH3 is 1. The highest BCUT2D eigenvalue weighted by Gasteiger charge is 2.03. The Morgan fingerprint density at radius 1 is 1.32 bits per heavy atom. The van der Waals surface area contributed by atoms with Gasteiger partial charge in [0.15, 0.2) is 0 Å². The zero-order chi connectivity index (χ0) is 13.7. The van der Waals surface area contributed by atoms with E-state index in [-0.39, 0.29) is 0 Å². The van der Waals surface area contributed by atoms with E-state index in [9.17, 15) is 4.79 Å². The van der Waals surface area contributed by atoms with Crippen molar-refractivity contribution in [3.8, 4) is 5.88 Å². The third-order valence-electron chi connectivity index (χ3n) is 2.70. The van der Waals surface area contributed by atoms with Gasteiger partial charge in [-0.05, 0) is 30.3 Å². The number of ether oxygens (including phenoxy) is 1. The fourth-order valence-corrected chi connectivity index (χ4v) is 1.69. The first-order chi connectivity index (χ1) is 9.20. The predicted octanol–water partition coefficient (Wildman–Crippen LogP) is 1.80. The number of carbonyl (C=O) groups is 1. The van der Waals surface area contributed by atoms with E-state index in [1.54, 1.807) is 25.4 Å². The first-order valence-corrected chi connectivity index (χ1v) is 5.82. The summed E-state index contributed by atoms with van der Waals surface area (Å²) in [5, 5.41) is 3.23. The molecule has 0 saturated heterocycles. The van der Waals surface area contributed by atoms with Gasteiger partial charge >= 0.3 is 0 Å². The minimum absolute atomic E-state index is 0.430. The number of primary amides is 1. The van der Waals surface area contributed by atoms with Crippen LogP contribution in [-0.2, 0) is 6.54 Å². The van der Waals surface area contributed by atoms with Crippen LogP contribution >= 0.6 is 0 Å². The lowest BCUT2D eigenvalue weighted by atomic mass is 10.2. The number of carbonyl (C=O) groups excluding carboxylic acids is 1.